The zero-order valence-electron chi connectivity index (χ0n) is 12.5. The summed E-state index contributed by atoms with van der Waals surface area (Å²) in [5, 5.41) is 10.8. The molecule has 1 aliphatic rings. The number of sulfonamides is 1. The first-order valence-corrected chi connectivity index (χ1v) is 8.49. The van der Waals surface area contributed by atoms with Gasteiger partial charge in [-0.2, -0.15) is 4.31 Å². The van der Waals surface area contributed by atoms with Crippen molar-refractivity contribution in [1.82, 2.24) is 4.31 Å². The van der Waals surface area contributed by atoms with E-state index in [4.69, 9.17) is 4.74 Å². The van der Waals surface area contributed by atoms with Gasteiger partial charge in [0.15, 0.2) is 0 Å². The fourth-order valence-corrected chi connectivity index (χ4v) is 3.92. The molecule has 8 nitrogen and oxygen atoms in total. The Hall–Kier alpha value is -1.97. The molecule has 9 heteroatoms. The number of ether oxygens (including phenoxy) is 1. The second-order valence-corrected chi connectivity index (χ2v) is 6.97. The Bertz CT molecular complexity index is 697. The molecule has 0 saturated carbocycles. The number of rotatable bonds is 7. The van der Waals surface area contributed by atoms with Crippen LogP contribution in [-0.4, -0.2) is 44.2 Å². The van der Waals surface area contributed by atoms with Crippen LogP contribution in [0.1, 0.15) is 13.3 Å². The highest BCUT2D eigenvalue weighted by molar-refractivity contribution is 7.89. The number of Topliss-reactive ketones (excluding diaryl/α,β-unsaturated/α-hetero) is 1. The summed E-state index contributed by atoms with van der Waals surface area (Å²) in [6, 6.07) is 5.74. The van der Waals surface area contributed by atoms with E-state index in [-0.39, 0.29) is 42.5 Å². The molecule has 23 heavy (non-hydrogen) atoms. The highest BCUT2D eigenvalue weighted by Crippen LogP contribution is 2.30. The first-order valence-electron chi connectivity index (χ1n) is 7.05. The van der Waals surface area contributed by atoms with Crippen molar-refractivity contribution < 1.29 is 22.7 Å². The quantitative estimate of drug-likeness (QED) is 0.442. The van der Waals surface area contributed by atoms with Gasteiger partial charge in [0.05, 0.1) is 6.61 Å². The largest absolute Gasteiger partial charge is 0.761 e. The van der Waals surface area contributed by atoms with Gasteiger partial charge >= 0.3 is 5.97 Å². The third-order valence-corrected chi connectivity index (χ3v) is 5.43. The van der Waals surface area contributed by atoms with Crippen molar-refractivity contribution in [3.8, 4) is 0 Å². The van der Waals surface area contributed by atoms with Crippen molar-refractivity contribution in [3.05, 3.63) is 29.5 Å². The molecular formula is C14H17N2O6S-. The van der Waals surface area contributed by atoms with E-state index in [0.717, 1.165) is 4.31 Å². The van der Waals surface area contributed by atoms with Crippen molar-refractivity contribution in [2.75, 3.05) is 25.2 Å². The molecule has 126 valence electrons. The highest BCUT2D eigenvalue weighted by Gasteiger charge is 2.41. The maximum atomic E-state index is 12.4. The third-order valence-electron chi connectivity index (χ3n) is 3.54. The fraction of sp³-hybridized carbons (Fsp3) is 0.429. The van der Waals surface area contributed by atoms with Gasteiger partial charge < -0.3 is 15.4 Å². The van der Waals surface area contributed by atoms with E-state index < -0.39 is 21.9 Å². The van der Waals surface area contributed by atoms with Crippen LogP contribution in [0, 0.1) is 11.1 Å². The minimum Gasteiger partial charge on any atom is -0.761 e. The first-order chi connectivity index (χ1) is 10.9. The molecule has 1 aromatic rings. The van der Waals surface area contributed by atoms with Crippen LogP contribution in [-0.2, 0) is 24.3 Å². The number of carbonyl (C=O) groups is 2. The average Bonchev–Trinajstić information content (AvgIpc) is 2.45. The number of benzene rings is 1. The van der Waals surface area contributed by atoms with E-state index in [1.807, 2.05) is 0 Å². The lowest BCUT2D eigenvalue weighted by Crippen LogP contribution is -2.53. The summed E-state index contributed by atoms with van der Waals surface area (Å²) in [4.78, 5) is 23.0. The van der Waals surface area contributed by atoms with Crippen LogP contribution in [0.25, 0.3) is 0 Å². The van der Waals surface area contributed by atoms with Gasteiger partial charge in [-0.3, -0.25) is 9.59 Å². The standard InChI is InChI=1S/C14H17N2O6S/c1-2-22-14(18)7-12(17)10-8-16(9-10)23(20,21)13-6-4-3-5-11(13)15-19/h3-6,10,15H,2,7-9H2,1H3/q-1. The fourth-order valence-electron chi connectivity index (χ4n) is 2.25. The van der Waals surface area contributed by atoms with Crippen LogP contribution in [0.2, 0.25) is 0 Å². The van der Waals surface area contributed by atoms with Crippen molar-refractivity contribution in [2.24, 2.45) is 5.92 Å². The van der Waals surface area contributed by atoms with E-state index in [0.29, 0.717) is 0 Å². The SMILES string of the molecule is CCOC(=O)CC(=O)C1CN(S(=O)(=O)c2ccccc2N[O-])C1. The van der Waals surface area contributed by atoms with Crippen molar-refractivity contribution in [1.29, 1.82) is 0 Å². The zero-order chi connectivity index (χ0) is 17.0. The van der Waals surface area contributed by atoms with Crippen molar-refractivity contribution >= 4 is 27.5 Å². The van der Waals surface area contributed by atoms with E-state index >= 15 is 0 Å². The Morgan fingerprint density at radius 2 is 2.00 bits per heavy atom. The predicted octanol–water partition coefficient (Wildman–Crippen LogP) is 0.739. The zero-order valence-corrected chi connectivity index (χ0v) is 13.3. The second kappa shape index (κ2) is 7.07. The molecule has 1 fully saturated rings. The van der Waals surface area contributed by atoms with Crippen LogP contribution >= 0.6 is 0 Å². The third kappa shape index (κ3) is 3.69. The summed E-state index contributed by atoms with van der Waals surface area (Å²) in [6.07, 6.45) is -0.356. The van der Waals surface area contributed by atoms with E-state index in [1.54, 1.807) is 18.5 Å². The average molecular weight is 341 g/mol. The van der Waals surface area contributed by atoms with E-state index in [2.05, 4.69) is 0 Å². The molecule has 1 aliphatic heterocycles. The second-order valence-electron chi connectivity index (χ2n) is 5.07. The molecule has 0 bridgehead atoms. The number of carbonyl (C=O) groups excluding carboxylic acids is 2. The van der Waals surface area contributed by atoms with Gasteiger partial charge in [0, 0.05) is 24.7 Å². The molecule has 0 spiro atoms. The molecule has 0 amide bonds. The predicted molar refractivity (Wildman–Crippen MR) is 81.9 cm³/mol. The summed E-state index contributed by atoms with van der Waals surface area (Å²) >= 11 is 0. The lowest BCUT2D eigenvalue weighted by molar-refractivity contribution is -0.147. The number of esters is 1. The monoisotopic (exact) mass is 341 g/mol. The number of nitrogens with zero attached hydrogens (tertiary/aromatic N) is 1. The van der Waals surface area contributed by atoms with Crippen LogP contribution in [0.4, 0.5) is 5.69 Å². The van der Waals surface area contributed by atoms with E-state index in [9.17, 15) is 23.2 Å². The highest BCUT2D eigenvalue weighted by atomic mass is 32.2. The summed E-state index contributed by atoms with van der Waals surface area (Å²) in [6.45, 7) is 1.82. The molecule has 0 aliphatic carbocycles. The Labute approximate surface area is 134 Å². The maximum absolute atomic E-state index is 12.4. The van der Waals surface area contributed by atoms with Crippen LogP contribution < -0.4 is 5.48 Å². The molecule has 1 aromatic carbocycles. The summed E-state index contributed by atoms with van der Waals surface area (Å²) in [5.74, 6) is -1.48. The van der Waals surface area contributed by atoms with Gasteiger partial charge in [0.2, 0.25) is 10.0 Å². The molecule has 0 radical (unpaired) electrons. The Kier molecular flexibility index (Phi) is 5.34. The summed E-state index contributed by atoms with van der Waals surface area (Å²) < 4.78 is 30.7. The van der Waals surface area contributed by atoms with Gasteiger partial charge in [0.1, 0.15) is 17.1 Å². The minimum atomic E-state index is -3.85. The topological polar surface area (TPSA) is 116 Å². The molecule has 1 N–H and O–H groups in total. The first kappa shape index (κ1) is 17.4. The smallest absolute Gasteiger partial charge is 0.313 e. The molecule has 1 saturated heterocycles. The van der Waals surface area contributed by atoms with Crippen LogP contribution in [0.5, 0.6) is 0 Å². The number of hydrogen-bond acceptors (Lipinski definition) is 7. The minimum absolute atomic E-state index is 0.00619. The van der Waals surface area contributed by atoms with Crippen LogP contribution in [0.15, 0.2) is 29.2 Å². The number of hydrogen-bond donors (Lipinski definition) is 1. The van der Waals surface area contributed by atoms with Gasteiger partial charge in [-0.25, -0.2) is 8.42 Å². The summed E-state index contributed by atoms with van der Waals surface area (Å²) in [7, 11) is -3.85. The molecule has 2 rings (SSSR count). The number of para-hydroxylation sites is 1. The Balaban J connectivity index is 2.01. The van der Waals surface area contributed by atoms with Gasteiger partial charge in [-0.05, 0) is 19.1 Å². The lowest BCUT2D eigenvalue weighted by atomic mass is 9.96. The Morgan fingerprint density at radius 3 is 2.61 bits per heavy atom. The van der Waals surface area contributed by atoms with Crippen LogP contribution in [0.3, 0.4) is 0 Å². The van der Waals surface area contributed by atoms with Gasteiger partial charge in [0.25, 0.3) is 0 Å². The molecule has 0 aromatic heterocycles. The lowest BCUT2D eigenvalue weighted by Gasteiger charge is -2.37. The molecule has 1 heterocycles. The Morgan fingerprint density at radius 1 is 1.35 bits per heavy atom. The summed E-state index contributed by atoms with van der Waals surface area (Å²) in [5.41, 5.74) is 1.55. The normalized spacial score (nSPS) is 15.7. The number of ketones is 1. The van der Waals surface area contributed by atoms with Crippen molar-refractivity contribution in [2.45, 2.75) is 18.2 Å². The van der Waals surface area contributed by atoms with Crippen molar-refractivity contribution in [3.63, 3.8) is 0 Å². The maximum Gasteiger partial charge on any atom is 0.313 e. The molecular weight excluding hydrogens is 324 g/mol. The number of nitrogens with one attached hydrogen (secondary N) is 1. The van der Waals surface area contributed by atoms with Gasteiger partial charge in [-0.1, -0.05) is 12.1 Å². The number of anilines is 1. The molecule has 0 unspecified atom stereocenters. The molecule has 0 atom stereocenters. The van der Waals surface area contributed by atoms with Gasteiger partial charge in [-0.15, -0.1) is 0 Å². The van der Waals surface area contributed by atoms with E-state index in [1.165, 1.54) is 18.2 Å².